The highest BCUT2D eigenvalue weighted by atomic mass is 32.1. The van der Waals surface area contributed by atoms with E-state index in [0.717, 1.165) is 12.1 Å². The summed E-state index contributed by atoms with van der Waals surface area (Å²) < 4.78 is 2.65. The second-order valence-corrected chi connectivity index (χ2v) is 11.6. The molecule has 3 heteroatoms. The predicted octanol–water partition coefficient (Wildman–Crippen LogP) is 8.54. The summed E-state index contributed by atoms with van der Waals surface area (Å²) >= 11 is 3.72. The fourth-order valence-corrected chi connectivity index (χ4v) is 6.42. The van der Waals surface area contributed by atoms with Crippen molar-refractivity contribution in [3.63, 3.8) is 0 Å². The van der Waals surface area contributed by atoms with Gasteiger partial charge in [-0.3, -0.25) is 4.98 Å². The van der Waals surface area contributed by atoms with Gasteiger partial charge in [0.05, 0.1) is 15.3 Å². The molecule has 0 bridgehead atoms. The smallest absolute Gasteiger partial charge is 0.0980 e. The molecular weight excluding hydrogens is 390 g/mol. The van der Waals surface area contributed by atoms with Gasteiger partial charge in [-0.05, 0) is 71.8 Å². The summed E-state index contributed by atoms with van der Waals surface area (Å²) in [5.74, 6) is 0. The van der Waals surface area contributed by atoms with Gasteiger partial charge in [-0.2, -0.15) is 0 Å². The molecule has 0 aliphatic carbocycles. The van der Waals surface area contributed by atoms with Gasteiger partial charge in [0.15, 0.2) is 0 Å². The lowest BCUT2D eigenvalue weighted by molar-refractivity contribution is 0.411. The van der Waals surface area contributed by atoms with Crippen molar-refractivity contribution in [2.24, 2.45) is 5.41 Å². The van der Waals surface area contributed by atoms with Gasteiger partial charge in [-0.1, -0.05) is 39.0 Å². The van der Waals surface area contributed by atoms with Crippen LogP contribution in [0.15, 0.2) is 48.7 Å². The average molecular weight is 416 g/mol. The Labute approximate surface area is 180 Å². The SMILES string of the molecule is Cc1cc(-c2nccc3c2sc2cc4cc(CC(C)(C)C)ccc4cc23)sc1C. The van der Waals surface area contributed by atoms with Gasteiger partial charge < -0.3 is 0 Å². The summed E-state index contributed by atoms with van der Waals surface area (Å²) in [4.78, 5) is 7.42. The van der Waals surface area contributed by atoms with Gasteiger partial charge in [0.2, 0.25) is 0 Å². The number of pyridine rings is 1. The molecule has 1 nitrogen and oxygen atoms in total. The first-order chi connectivity index (χ1) is 13.8. The van der Waals surface area contributed by atoms with Crippen LogP contribution >= 0.6 is 22.7 Å². The Bertz CT molecular complexity index is 1360. The van der Waals surface area contributed by atoms with E-state index < -0.39 is 0 Å². The minimum Gasteiger partial charge on any atom is -0.254 e. The van der Waals surface area contributed by atoms with Gasteiger partial charge in [-0.25, -0.2) is 0 Å². The normalized spacial score (nSPS) is 12.4. The molecule has 3 aromatic heterocycles. The van der Waals surface area contributed by atoms with Crippen LogP contribution in [-0.4, -0.2) is 4.98 Å². The van der Waals surface area contributed by atoms with Gasteiger partial charge in [0, 0.05) is 26.5 Å². The Morgan fingerprint density at radius 1 is 0.862 bits per heavy atom. The number of fused-ring (bicyclic) bond motifs is 4. The zero-order valence-electron chi connectivity index (χ0n) is 17.6. The summed E-state index contributed by atoms with van der Waals surface area (Å²) in [6.45, 7) is 11.3. The first kappa shape index (κ1) is 18.8. The van der Waals surface area contributed by atoms with Gasteiger partial charge in [-0.15, -0.1) is 22.7 Å². The van der Waals surface area contributed by atoms with E-state index in [1.165, 1.54) is 51.8 Å². The molecule has 5 rings (SSSR count). The average Bonchev–Trinajstić information content (AvgIpc) is 3.17. The number of benzene rings is 2. The standard InChI is InChI=1S/C26H25NS2/c1-15-10-23(28-16(15)2)24-25-20(8-9-27-24)21-12-18-7-6-17(14-26(3,4)5)11-19(18)13-22(21)29-25/h6-13H,14H2,1-5H3. The van der Waals surface area contributed by atoms with E-state index in [-0.39, 0.29) is 0 Å². The van der Waals surface area contributed by atoms with E-state index in [1.54, 1.807) is 0 Å². The predicted molar refractivity (Wildman–Crippen MR) is 131 cm³/mol. The van der Waals surface area contributed by atoms with Crippen LogP contribution < -0.4 is 0 Å². The molecule has 0 fully saturated rings. The number of aryl methyl sites for hydroxylation is 2. The van der Waals surface area contributed by atoms with Crippen molar-refractivity contribution < 1.29 is 0 Å². The monoisotopic (exact) mass is 415 g/mol. The summed E-state index contributed by atoms with van der Waals surface area (Å²) in [5.41, 5.74) is 4.19. The highest BCUT2D eigenvalue weighted by Gasteiger charge is 2.15. The molecular formula is C26H25NS2. The molecule has 0 aliphatic rings. The van der Waals surface area contributed by atoms with E-state index in [2.05, 4.69) is 77.1 Å². The summed E-state index contributed by atoms with van der Waals surface area (Å²) in [6, 6.07) is 16.1. The largest absolute Gasteiger partial charge is 0.254 e. The maximum atomic E-state index is 4.77. The molecule has 0 saturated heterocycles. The molecule has 3 heterocycles. The summed E-state index contributed by atoms with van der Waals surface area (Å²) in [6.07, 6.45) is 3.06. The van der Waals surface area contributed by atoms with Crippen molar-refractivity contribution in [3.05, 3.63) is 64.7 Å². The number of thiophene rings is 2. The van der Waals surface area contributed by atoms with Gasteiger partial charge >= 0.3 is 0 Å². The van der Waals surface area contributed by atoms with Crippen LogP contribution in [0.3, 0.4) is 0 Å². The third-order valence-corrected chi connectivity index (χ3v) is 7.88. The second kappa shape index (κ2) is 6.65. The molecule has 0 spiro atoms. The maximum Gasteiger partial charge on any atom is 0.0980 e. The van der Waals surface area contributed by atoms with Crippen LogP contribution in [0.5, 0.6) is 0 Å². The Kier molecular flexibility index (Phi) is 4.30. The molecule has 0 radical (unpaired) electrons. The van der Waals surface area contributed by atoms with Gasteiger partial charge in [0.25, 0.3) is 0 Å². The second-order valence-electron chi connectivity index (χ2n) is 9.26. The molecule has 0 saturated carbocycles. The maximum absolute atomic E-state index is 4.77. The molecule has 0 N–H and O–H groups in total. The van der Waals surface area contributed by atoms with Crippen molar-refractivity contribution in [2.45, 2.75) is 41.0 Å². The van der Waals surface area contributed by atoms with Crippen LogP contribution in [0.1, 0.15) is 36.8 Å². The van der Waals surface area contributed by atoms with Crippen LogP contribution in [-0.2, 0) is 6.42 Å². The van der Waals surface area contributed by atoms with Crippen molar-refractivity contribution in [1.29, 1.82) is 0 Å². The molecule has 0 aliphatic heterocycles. The molecule has 0 amide bonds. The summed E-state index contributed by atoms with van der Waals surface area (Å²) in [5, 5.41) is 5.31. The topological polar surface area (TPSA) is 12.9 Å². The number of nitrogens with zero attached hydrogens (tertiary/aromatic N) is 1. The molecule has 0 atom stereocenters. The van der Waals surface area contributed by atoms with Crippen molar-refractivity contribution in [2.75, 3.05) is 0 Å². The molecule has 146 valence electrons. The van der Waals surface area contributed by atoms with Crippen molar-refractivity contribution >= 4 is 53.6 Å². The highest BCUT2D eigenvalue weighted by Crippen LogP contribution is 2.42. The first-order valence-electron chi connectivity index (χ1n) is 10.1. The van der Waals surface area contributed by atoms with E-state index in [9.17, 15) is 0 Å². The lowest BCUT2D eigenvalue weighted by Gasteiger charge is -2.18. The van der Waals surface area contributed by atoms with Crippen LogP contribution in [0, 0.1) is 19.3 Å². The minimum atomic E-state index is 0.299. The number of hydrogen-bond donors (Lipinski definition) is 0. The van der Waals surface area contributed by atoms with E-state index >= 15 is 0 Å². The first-order valence-corrected chi connectivity index (χ1v) is 11.7. The lowest BCUT2D eigenvalue weighted by Crippen LogP contribution is -2.08. The molecule has 0 unspecified atom stereocenters. The Morgan fingerprint density at radius 2 is 1.69 bits per heavy atom. The van der Waals surface area contributed by atoms with Crippen LogP contribution in [0.2, 0.25) is 0 Å². The highest BCUT2D eigenvalue weighted by molar-refractivity contribution is 7.26. The van der Waals surface area contributed by atoms with E-state index in [1.807, 2.05) is 28.9 Å². The molecule has 2 aromatic carbocycles. The zero-order chi connectivity index (χ0) is 20.3. The Hall–Kier alpha value is -2.23. The summed E-state index contributed by atoms with van der Waals surface area (Å²) in [7, 11) is 0. The number of rotatable bonds is 2. The number of hydrogen-bond acceptors (Lipinski definition) is 3. The van der Waals surface area contributed by atoms with Gasteiger partial charge in [0.1, 0.15) is 0 Å². The zero-order valence-corrected chi connectivity index (χ0v) is 19.2. The van der Waals surface area contributed by atoms with Crippen molar-refractivity contribution in [3.8, 4) is 10.6 Å². The van der Waals surface area contributed by atoms with E-state index in [0.29, 0.717) is 5.41 Å². The number of aromatic nitrogens is 1. The van der Waals surface area contributed by atoms with E-state index in [4.69, 9.17) is 4.98 Å². The molecule has 5 aromatic rings. The fourth-order valence-electron chi connectivity index (χ4n) is 4.08. The lowest BCUT2D eigenvalue weighted by atomic mass is 9.87. The third-order valence-electron chi connectivity index (χ3n) is 5.54. The van der Waals surface area contributed by atoms with Crippen LogP contribution in [0.25, 0.3) is 41.5 Å². The quantitative estimate of drug-likeness (QED) is 0.281. The van der Waals surface area contributed by atoms with Crippen molar-refractivity contribution in [1.82, 2.24) is 4.98 Å². The Balaban J connectivity index is 1.72. The fraction of sp³-hybridized carbons (Fsp3) is 0.269. The molecule has 29 heavy (non-hydrogen) atoms. The third kappa shape index (κ3) is 3.37. The van der Waals surface area contributed by atoms with Crippen LogP contribution in [0.4, 0.5) is 0 Å². The Morgan fingerprint density at radius 3 is 2.41 bits per heavy atom. The minimum absolute atomic E-state index is 0.299.